The van der Waals surface area contributed by atoms with Gasteiger partial charge in [-0.2, -0.15) is 5.26 Å². The molecule has 0 aromatic rings. The van der Waals surface area contributed by atoms with Gasteiger partial charge in [0, 0.05) is 19.0 Å². The van der Waals surface area contributed by atoms with Crippen LogP contribution < -0.4 is 11.1 Å². The Kier molecular flexibility index (Phi) is 7.11. The second-order valence-electron chi connectivity index (χ2n) is 2.54. The number of nitriles is 1. The number of nitrogens with one attached hydrogen (secondary N) is 1. The fraction of sp³-hybridized carbons (Fsp3) is 0.875. The molecule has 0 heterocycles. The molecule has 0 saturated heterocycles. The van der Waals surface area contributed by atoms with E-state index in [1.54, 1.807) is 0 Å². The summed E-state index contributed by atoms with van der Waals surface area (Å²) in [6.07, 6.45) is 2.67. The molecule has 0 bridgehead atoms. The van der Waals surface area contributed by atoms with Crippen molar-refractivity contribution in [3.05, 3.63) is 0 Å². The molecule has 11 heavy (non-hydrogen) atoms. The van der Waals surface area contributed by atoms with Gasteiger partial charge in [0.2, 0.25) is 0 Å². The molecule has 0 aromatic carbocycles. The third kappa shape index (κ3) is 5.84. The molecule has 3 heteroatoms. The molecule has 0 fully saturated rings. The Morgan fingerprint density at radius 3 is 2.82 bits per heavy atom. The maximum Gasteiger partial charge on any atom is 0.0635 e. The Morgan fingerprint density at radius 2 is 2.36 bits per heavy atom. The fourth-order valence-electron chi connectivity index (χ4n) is 0.984. The molecule has 0 aliphatic carbocycles. The first kappa shape index (κ1) is 10.4. The van der Waals surface area contributed by atoms with Crippen LogP contribution in [-0.2, 0) is 0 Å². The molecular weight excluding hydrogens is 138 g/mol. The van der Waals surface area contributed by atoms with Gasteiger partial charge in [0.15, 0.2) is 0 Å². The predicted molar refractivity (Wildman–Crippen MR) is 46.0 cm³/mol. The topological polar surface area (TPSA) is 61.8 Å². The van der Waals surface area contributed by atoms with Gasteiger partial charge in [-0.25, -0.2) is 0 Å². The van der Waals surface area contributed by atoms with Gasteiger partial charge in [0.05, 0.1) is 6.07 Å². The first-order valence-electron chi connectivity index (χ1n) is 4.15. The van der Waals surface area contributed by atoms with Crippen LogP contribution in [0.4, 0.5) is 0 Å². The van der Waals surface area contributed by atoms with Crippen molar-refractivity contribution < 1.29 is 0 Å². The first-order chi connectivity index (χ1) is 5.35. The highest BCUT2D eigenvalue weighted by Gasteiger charge is 2.01. The van der Waals surface area contributed by atoms with Crippen molar-refractivity contribution in [2.45, 2.75) is 32.2 Å². The first-order valence-corrected chi connectivity index (χ1v) is 4.15. The highest BCUT2D eigenvalue weighted by molar-refractivity contribution is 4.73. The lowest BCUT2D eigenvalue weighted by Crippen LogP contribution is -2.31. The van der Waals surface area contributed by atoms with Gasteiger partial charge < -0.3 is 11.1 Å². The van der Waals surface area contributed by atoms with Gasteiger partial charge in [-0.1, -0.05) is 6.92 Å². The van der Waals surface area contributed by atoms with E-state index in [2.05, 4.69) is 18.3 Å². The highest BCUT2D eigenvalue weighted by atomic mass is 14.9. The van der Waals surface area contributed by atoms with Crippen LogP contribution in [0.1, 0.15) is 26.2 Å². The van der Waals surface area contributed by atoms with Crippen molar-refractivity contribution in [1.29, 1.82) is 5.26 Å². The Morgan fingerprint density at radius 1 is 1.64 bits per heavy atom. The van der Waals surface area contributed by atoms with E-state index in [1.807, 2.05) is 0 Å². The zero-order chi connectivity index (χ0) is 8.53. The van der Waals surface area contributed by atoms with Gasteiger partial charge in [-0.15, -0.1) is 0 Å². The second kappa shape index (κ2) is 7.52. The summed E-state index contributed by atoms with van der Waals surface area (Å²) in [5.41, 5.74) is 5.40. The number of nitrogens with zero attached hydrogens (tertiary/aromatic N) is 1. The molecule has 3 nitrogen and oxygen atoms in total. The van der Waals surface area contributed by atoms with Crippen LogP contribution in [0.25, 0.3) is 0 Å². The van der Waals surface area contributed by atoms with Crippen LogP contribution in [0.3, 0.4) is 0 Å². The monoisotopic (exact) mass is 155 g/mol. The lowest BCUT2D eigenvalue weighted by atomic mass is 10.1. The van der Waals surface area contributed by atoms with Crippen LogP contribution in [-0.4, -0.2) is 19.1 Å². The van der Waals surface area contributed by atoms with Gasteiger partial charge in [0.25, 0.3) is 0 Å². The lowest BCUT2D eigenvalue weighted by Gasteiger charge is -2.14. The van der Waals surface area contributed by atoms with E-state index in [-0.39, 0.29) is 0 Å². The fourth-order valence-corrected chi connectivity index (χ4v) is 0.984. The van der Waals surface area contributed by atoms with Crippen molar-refractivity contribution in [1.82, 2.24) is 5.32 Å². The minimum atomic E-state index is 0.494. The van der Waals surface area contributed by atoms with Crippen molar-refractivity contribution in [2.75, 3.05) is 13.1 Å². The molecule has 0 aromatic heterocycles. The van der Waals surface area contributed by atoms with Crippen LogP contribution in [0.15, 0.2) is 0 Å². The Labute approximate surface area is 68.6 Å². The minimum Gasteiger partial charge on any atom is -0.330 e. The van der Waals surface area contributed by atoms with Crippen molar-refractivity contribution in [3.8, 4) is 6.07 Å². The summed E-state index contributed by atoms with van der Waals surface area (Å²) in [6, 6.07) is 2.59. The standard InChI is InChI=1S/C8H17N3/c1-2-8(4-6-10)11-7-3-5-9/h8,11H,2-4,6-7,10H2,1H3. The smallest absolute Gasteiger partial charge is 0.0635 e. The number of hydrogen-bond acceptors (Lipinski definition) is 3. The zero-order valence-electron chi connectivity index (χ0n) is 7.14. The Bertz CT molecular complexity index is 117. The quantitative estimate of drug-likeness (QED) is 0.553. The molecule has 0 aliphatic heterocycles. The van der Waals surface area contributed by atoms with Crippen molar-refractivity contribution in [2.24, 2.45) is 5.73 Å². The summed E-state index contributed by atoms with van der Waals surface area (Å²) in [5.74, 6) is 0. The maximum absolute atomic E-state index is 8.27. The SMILES string of the molecule is CCC(CCN)NCCC#N. The molecule has 0 saturated carbocycles. The number of rotatable bonds is 6. The van der Waals surface area contributed by atoms with Crippen LogP contribution in [0, 0.1) is 11.3 Å². The second-order valence-corrected chi connectivity index (χ2v) is 2.54. The van der Waals surface area contributed by atoms with Crippen LogP contribution >= 0.6 is 0 Å². The largest absolute Gasteiger partial charge is 0.330 e. The van der Waals surface area contributed by atoms with Gasteiger partial charge in [-0.05, 0) is 19.4 Å². The van der Waals surface area contributed by atoms with E-state index >= 15 is 0 Å². The summed E-state index contributed by atoms with van der Waals surface area (Å²) < 4.78 is 0. The van der Waals surface area contributed by atoms with E-state index in [1.165, 1.54) is 0 Å². The van der Waals surface area contributed by atoms with Crippen LogP contribution in [0.5, 0.6) is 0 Å². The molecule has 3 N–H and O–H groups in total. The average molecular weight is 155 g/mol. The van der Waals surface area contributed by atoms with Crippen LogP contribution in [0.2, 0.25) is 0 Å². The van der Waals surface area contributed by atoms with E-state index in [0.717, 1.165) is 25.9 Å². The summed E-state index contributed by atoms with van der Waals surface area (Å²) in [4.78, 5) is 0. The molecule has 64 valence electrons. The molecule has 0 aliphatic rings. The van der Waals surface area contributed by atoms with Gasteiger partial charge in [-0.3, -0.25) is 0 Å². The predicted octanol–water partition coefficient (Wildman–Crippen LogP) is 0.617. The summed E-state index contributed by atoms with van der Waals surface area (Å²) in [7, 11) is 0. The normalized spacial score (nSPS) is 12.5. The molecule has 0 radical (unpaired) electrons. The Balaban J connectivity index is 3.29. The van der Waals surface area contributed by atoms with Gasteiger partial charge >= 0.3 is 0 Å². The summed E-state index contributed by atoms with van der Waals surface area (Å²) >= 11 is 0. The average Bonchev–Trinajstić information content (AvgIpc) is 2.03. The van der Waals surface area contributed by atoms with E-state index in [4.69, 9.17) is 11.0 Å². The van der Waals surface area contributed by atoms with Gasteiger partial charge in [0.1, 0.15) is 0 Å². The van der Waals surface area contributed by atoms with E-state index < -0.39 is 0 Å². The maximum atomic E-state index is 8.27. The molecule has 1 atom stereocenters. The number of hydrogen-bond donors (Lipinski definition) is 2. The molecule has 0 spiro atoms. The van der Waals surface area contributed by atoms with E-state index in [9.17, 15) is 0 Å². The minimum absolute atomic E-state index is 0.494. The lowest BCUT2D eigenvalue weighted by molar-refractivity contribution is 0.479. The zero-order valence-corrected chi connectivity index (χ0v) is 7.14. The molecule has 0 rings (SSSR count). The van der Waals surface area contributed by atoms with Crippen molar-refractivity contribution in [3.63, 3.8) is 0 Å². The third-order valence-electron chi connectivity index (χ3n) is 1.68. The molecule has 0 amide bonds. The molecule has 1 unspecified atom stereocenters. The Hall–Kier alpha value is -0.590. The van der Waals surface area contributed by atoms with Crippen molar-refractivity contribution >= 4 is 0 Å². The highest BCUT2D eigenvalue weighted by Crippen LogP contribution is 1.94. The summed E-state index contributed by atoms with van der Waals surface area (Å²) in [6.45, 7) is 3.63. The number of nitrogens with two attached hydrogens (primary N) is 1. The van der Waals surface area contributed by atoms with E-state index in [0.29, 0.717) is 12.5 Å². The summed E-state index contributed by atoms with van der Waals surface area (Å²) in [5, 5.41) is 11.5. The third-order valence-corrected chi connectivity index (χ3v) is 1.68. The molecular formula is C8H17N3.